The van der Waals surface area contributed by atoms with Crippen LogP contribution in [-0.4, -0.2) is 0 Å². The maximum absolute atomic E-state index is 2.45. The Labute approximate surface area is 309 Å². The summed E-state index contributed by atoms with van der Waals surface area (Å²) >= 11 is 0. The summed E-state index contributed by atoms with van der Waals surface area (Å²) in [6.45, 7) is 0. The molecule has 0 heterocycles. The summed E-state index contributed by atoms with van der Waals surface area (Å²) in [6.07, 6.45) is 0. The van der Waals surface area contributed by atoms with Crippen molar-refractivity contribution in [1.82, 2.24) is 0 Å². The van der Waals surface area contributed by atoms with Crippen LogP contribution in [0.2, 0.25) is 0 Å². The zero-order valence-electron chi connectivity index (χ0n) is 29.2. The van der Waals surface area contributed by atoms with Gasteiger partial charge < -0.3 is 4.90 Å². The van der Waals surface area contributed by atoms with Gasteiger partial charge in [0.1, 0.15) is 0 Å². The number of fused-ring (bicyclic) bond motifs is 5. The van der Waals surface area contributed by atoms with Gasteiger partial charge in [-0.2, -0.15) is 0 Å². The number of anilines is 3. The van der Waals surface area contributed by atoms with Gasteiger partial charge in [0.2, 0.25) is 0 Å². The number of benzene rings is 10. The van der Waals surface area contributed by atoms with Crippen LogP contribution in [0.25, 0.3) is 76.5 Å². The first kappa shape index (κ1) is 30.8. The van der Waals surface area contributed by atoms with Crippen LogP contribution >= 0.6 is 0 Å². The van der Waals surface area contributed by atoms with E-state index in [2.05, 4.69) is 217 Å². The monoisotopic (exact) mass is 673 g/mol. The normalized spacial score (nSPS) is 11.4. The van der Waals surface area contributed by atoms with Crippen LogP contribution in [0.3, 0.4) is 0 Å². The zero-order valence-corrected chi connectivity index (χ0v) is 29.2. The van der Waals surface area contributed by atoms with Crippen molar-refractivity contribution in [3.63, 3.8) is 0 Å². The Kier molecular flexibility index (Phi) is 7.55. The summed E-state index contributed by atoms with van der Waals surface area (Å²) in [5.41, 5.74) is 10.5. The molecule has 1 nitrogen and oxygen atoms in total. The average Bonchev–Trinajstić information content (AvgIpc) is 3.24. The molecule has 0 radical (unpaired) electrons. The molecular formula is C52H35N. The molecule has 10 aromatic carbocycles. The van der Waals surface area contributed by atoms with Crippen LogP contribution in [0.5, 0.6) is 0 Å². The van der Waals surface area contributed by atoms with Crippen molar-refractivity contribution in [2.24, 2.45) is 0 Å². The predicted molar refractivity (Wildman–Crippen MR) is 227 cm³/mol. The highest BCUT2D eigenvalue weighted by molar-refractivity contribution is 6.08. The van der Waals surface area contributed by atoms with Crippen molar-refractivity contribution in [3.05, 3.63) is 212 Å². The Morgan fingerprint density at radius 3 is 1.60 bits per heavy atom. The van der Waals surface area contributed by atoms with Crippen molar-refractivity contribution < 1.29 is 0 Å². The SMILES string of the molecule is c1ccc(-c2ccc(-c3cccc4ccccc34)cc2N(c2ccc(-c3ccc4c(ccc5ccccc54)c3)cc2)c2cccc3ccccc23)cc1. The fourth-order valence-corrected chi connectivity index (χ4v) is 8.03. The molecule has 0 bridgehead atoms. The highest BCUT2D eigenvalue weighted by atomic mass is 15.1. The molecule has 1 heteroatoms. The Bertz CT molecular complexity index is 2930. The summed E-state index contributed by atoms with van der Waals surface area (Å²) < 4.78 is 0. The van der Waals surface area contributed by atoms with Crippen molar-refractivity contribution in [3.8, 4) is 33.4 Å². The highest BCUT2D eigenvalue weighted by Gasteiger charge is 2.21. The van der Waals surface area contributed by atoms with Gasteiger partial charge in [0, 0.05) is 16.6 Å². The number of rotatable bonds is 6. The minimum Gasteiger partial charge on any atom is -0.309 e. The van der Waals surface area contributed by atoms with E-state index in [1.54, 1.807) is 0 Å². The topological polar surface area (TPSA) is 3.24 Å². The van der Waals surface area contributed by atoms with Gasteiger partial charge in [-0.05, 0) is 95.9 Å². The standard InChI is InChI=1S/C52H35N/c1-2-12-38(13-3-1)50-33-29-43(47-22-10-17-37-14-4-7-19-45(37)47)35-52(50)53(51-23-11-18-39-15-6-9-21-49(39)51)44-30-26-36(27-31-44)41-28-32-48-42(34-41)25-24-40-16-5-8-20-46(40)48/h1-35H. The lowest BCUT2D eigenvalue weighted by Crippen LogP contribution is -2.12. The molecule has 0 atom stereocenters. The molecule has 0 saturated carbocycles. The molecule has 0 unspecified atom stereocenters. The Morgan fingerprint density at radius 1 is 0.245 bits per heavy atom. The third kappa shape index (κ3) is 5.51. The van der Waals surface area contributed by atoms with Crippen molar-refractivity contribution >= 4 is 60.2 Å². The molecule has 0 aromatic heterocycles. The first-order valence-corrected chi connectivity index (χ1v) is 18.3. The fraction of sp³-hybridized carbons (Fsp3) is 0. The molecule has 248 valence electrons. The quantitative estimate of drug-likeness (QED) is 0.159. The Balaban J connectivity index is 1.17. The predicted octanol–water partition coefficient (Wildman–Crippen LogP) is 14.8. The second kappa shape index (κ2) is 13.0. The van der Waals surface area contributed by atoms with Crippen LogP contribution in [0.1, 0.15) is 0 Å². The Morgan fingerprint density at radius 2 is 0.811 bits per heavy atom. The minimum atomic E-state index is 1.10. The van der Waals surface area contributed by atoms with Crippen LogP contribution in [0.15, 0.2) is 212 Å². The lowest BCUT2D eigenvalue weighted by atomic mass is 9.93. The van der Waals surface area contributed by atoms with E-state index in [0.717, 1.165) is 17.1 Å². The van der Waals surface area contributed by atoms with E-state index >= 15 is 0 Å². The van der Waals surface area contributed by atoms with Crippen LogP contribution in [-0.2, 0) is 0 Å². The van der Waals surface area contributed by atoms with Crippen LogP contribution < -0.4 is 4.90 Å². The minimum absolute atomic E-state index is 1.10. The first-order valence-electron chi connectivity index (χ1n) is 18.3. The molecule has 0 aliphatic heterocycles. The molecule has 10 aromatic rings. The van der Waals surface area contributed by atoms with Crippen LogP contribution in [0, 0.1) is 0 Å². The molecule has 0 aliphatic rings. The second-order valence-electron chi connectivity index (χ2n) is 13.7. The molecule has 0 saturated heterocycles. The summed E-state index contributed by atoms with van der Waals surface area (Å²) in [7, 11) is 0. The Hall–Kier alpha value is -6.96. The van der Waals surface area contributed by atoms with E-state index in [0.29, 0.717) is 0 Å². The van der Waals surface area contributed by atoms with Gasteiger partial charge in [-0.3, -0.25) is 0 Å². The van der Waals surface area contributed by atoms with Gasteiger partial charge in [0.15, 0.2) is 0 Å². The molecule has 0 fully saturated rings. The van der Waals surface area contributed by atoms with Crippen LogP contribution in [0.4, 0.5) is 17.1 Å². The second-order valence-corrected chi connectivity index (χ2v) is 13.7. The molecule has 10 rings (SSSR count). The van der Waals surface area contributed by atoms with E-state index in [1.807, 2.05) is 0 Å². The van der Waals surface area contributed by atoms with Gasteiger partial charge in [-0.15, -0.1) is 0 Å². The first-order chi connectivity index (χ1) is 26.3. The maximum atomic E-state index is 2.45. The number of hydrogen-bond donors (Lipinski definition) is 0. The van der Waals surface area contributed by atoms with Gasteiger partial charge >= 0.3 is 0 Å². The number of hydrogen-bond acceptors (Lipinski definition) is 1. The molecule has 0 amide bonds. The molecular weight excluding hydrogens is 639 g/mol. The zero-order chi connectivity index (χ0) is 35.1. The lowest BCUT2D eigenvalue weighted by molar-refractivity contribution is 1.30. The van der Waals surface area contributed by atoms with E-state index in [-0.39, 0.29) is 0 Å². The van der Waals surface area contributed by atoms with Gasteiger partial charge in [0.25, 0.3) is 0 Å². The van der Waals surface area contributed by atoms with E-state index in [9.17, 15) is 0 Å². The van der Waals surface area contributed by atoms with Crippen molar-refractivity contribution in [2.45, 2.75) is 0 Å². The average molecular weight is 674 g/mol. The van der Waals surface area contributed by atoms with Gasteiger partial charge in [-0.25, -0.2) is 0 Å². The van der Waals surface area contributed by atoms with E-state index < -0.39 is 0 Å². The summed E-state index contributed by atoms with van der Waals surface area (Å²) in [5, 5.41) is 9.99. The van der Waals surface area contributed by atoms with Crippen molar-refractivity contribution in [1.29, 1.82) is 0 Å². The van der Waals surface area contributed by atoms with Crippen molar-refractivity contribution in [2.75, 3.05) is 4.90 Å². The highest BCUT2D eigenvalue weighted by Crippen LogP contribution is 2.46. The third-order valence-electron chi connectivity index (χ3n) is 10.6. The largest absolute Gasteiger partial charge is 0.309 e. The van der Waals surface area contributed by atoms with E-state index in [1.165, 1.54) is 76.5 Å². The molecule has 0 N–H and O–H groups in total. The summed E-state index contributed by atoms with van der Waals surface area (Å²) in [4.78, 5) is 2.45. The third-order valence-corrected chi connectivity index (χ3v) is 10.6. The lowest BCUT2D eigenvalue weighted by Gasteiger charge is -2.30. The molecule has 0 spiro atoms. The molecule has 53 heavy (non-hydrogen) atoms. The molecule has 0 aliphatic carbocycles. The number of nitrogens with zero attached hydrogens (tertiary/aromatic N) is 1. The maximum Gasteiger partial charge on any atom is 0.0546 e. The van der Waals surface area contributed by atoms with E-state index in [4.69, 9.17) is 0 Å². The van der Waals surface area contributed by atoms with Gasteiger partial charge in [0.05, 0.1) is 11.4 Å². The summed E-state index contributed by atoms with van der Waals surface area (Å²) in [6, 6.07) is 77.4. The van der Waals surface area contributed by atoms with Gasteiger partial charge in [-0.1, -0.05) is 182 Å². The smallest absolute Gasteiger partial charge is 0.0546 e. The fourth-order valence-electron chi connectivity index (χ4n) is 8.03. The summed E-state index contributed by atoms with van der Waals surface area (Å²) in [5.74, 6) is 0.